The summed E-state index contributed by atoms with van der Waals surface area (Å²) in [5, 5.41) is 10.3. The molecule has 1 N–H and O–H groups in total. The smallest absolute Gasteiger partial charge is 0.125 e. The van der Waals surface area contributed by atoms with Crippen molar-refractivity contribution in [3.05, 3.63) is 59.7 Å². The Bertz CT molecular complexity index is 657. The number of piperazine rings is 1. The summed E-state index contributed by atoms with van der Waals surface area (Å²) in [4.78, 5) is 4.72. The third kappa shape index (κ3) is 6.58. The van der Waals surface area contributed by atoms with Crippen molar-refractivity contribution in [2.45, 2.75) is 20.0 Å². The summed E-state index contributed by atoms with van der Waals surface area (Å²) in [6.07, 6.45) is -0.470. The summed E-state index contributed by atoms with van der Waals surface area (Å²) in [6.45, 7) is 9.00. The normalized spacial score (nSPS) is 15.4. The topological polar surface area (TPSA) is 35.9 Å². The van der Waals surface area contributed by atoms with E-state index in [0.29, 0.717) is 13.2 Å². The molecule has 3 rings (SSSR count). The average Bonchev–Trinajstić information content (AvgIpc) is 2.63. The van der Waals surface area contributed by atoms with Crippen LogP contribution in [0.4, 0.5) is 5.69 Å². The van der Waals surface area contributed by atoms with Gasteiger partial charge in [0, 0.05) is 38.4 Å². The predicted molar refractivity (Wildman–Crippen MR) is 103 cm³/mol. The first-order valence-corrected chi connectivity index (χ1v) is 9.03. The lowest BCUT2D eigenvalue weighted by molar-refractivity contribution is -0.00100. The summed E-state index contributed by atoms with van der Waals surface area (Å²) < 4.78 is 5.87. The zero-order chi connectivity index (χ0) is 17.6. The molecule has 1 atom stereocenters. The Morgan fingerprint density at radius 2 is 1.48 bits per heavy atom. The van der Waals surface area contributed by atoms with Crippen molar-refractivity contribution in [2.24, 2.45) is 0 Å². The number of para-hydroxylation sites is 2. The number of aliphatic hydroxyl groups is 1. The van der Waals surface area contributed by atoms with Gasteiger partial charge in [0.2, 0.25) is 0 Å². The van der Waals surface area contributed by atoms with E-state index in [4.69, 9.17) is 4.74 Å². The second-order valence-corrected chi connectivity index (χ2v) is 6.81. The van der Waals surface area contributed by atoms with Gasteiger partial charge in [-0.25, -0.2) is 0 Å². The molecule has 150 valence electrons. The Balaban J connectivity index is 0.00000182. The van der Waals surface area contributed by atoms with Crippen LogP contribution in [0.5, 0.6) is 5.75 Å². The van der Waals surface area contributed by atoms with Crippen LogP contribution in [0.15, 0.2) is 48.5 Å². The molecule has 1 heterocycles. The fourth-order valence-electron chi connectivity index (χ4n) is 3.38. The highest BCUT2D eigenvalue weighted by molar-refractivity contribution is 5.46. The summed E-state index contributed by atoms with van der Waals surface area (Å²) in [5.74, 6) is 0.899. The van der Waals surface area contributed by atoms with Crippen LogP contribution in [0.1, 0.15) is 11.1 Å². The summed E-state index contributed by atoms with van der Waals surface area (Å²) >= 11 is 0. The molecule has 1 fully saturated rings. The van der Waals surface area contributed by atoms with Gasteiger partial charge in [0.05, 0.1) is 0 Å². The van der Waals surface area contributed by atoms with Crippen molar-refractivity contribution < 1.29 is 34.7 Å². The number of aliphatic hydroxyl groups excluding tert-OH is 1. The van der Waals surface area contributed by atoms with Gasteiger partial charge >= 0.3 is 0 Å². The third-order valence-electron chi connectivity index (χ3n) is 4.79. The molecular weight excluding hydrogens is 383 g/mol. The zero-order valence-electron chi connectivity index (χ0n) is 15.9. The summed E-state index contributed by atoms with van der Waals surface area (Å²) in [6, 6.07) is 16.6. The minimum absolute atomic E-state index is 0. The van der Waals surface area contributed by atoms with Gasteiger partial charge < -0.3 is 39.6 Å². The van der Waals surface area contributed by atoms with Crippen molar-refractivity contribution in [2.75, 3.05) is 44.2 Å². The minimum atomic E-state index is -0.470. The first-order valence-electron chi connectivity index (χ1n) is 9.03. The molecule has 0 spiro atoms. The third-order valence-corrected chi connectivity index (χ3v) is 4.79. The molecule has 2 aromatic carbocycles. The average molecular weight is 411 g/mol. The summed E-state index contributed by atoms with van der Waals surface area (Å²) in [5.41, 5.74) is 3.51. The number of hydrogen-bond acceptors (Lipinski definition) is 4. The lowest BCUT2D eigenvalue weighted by Gasteiger charge is -2.36. The number of anilines is 1. The lowest BCUT2D eigenvalue weighted by Crippen LogP contribution is -3.00. The number of β-amino-alcohol motifs (C(OH)–C–C–N with tert-alkyl or cyclic N) is 1. The van der Waals surface area contributed by atoms with Crippen LogP contribution in [0.2, 0.25) is 0 Å². The second kappa shape index (κ2) is 11.4. The molecule has 0 amide bonds. The number of aryl methyl sites for hydroxylation is 2. The molecule has 4 nitrogen and oxygen atoms in total. The fourth-order valence-corrected chi connectivity index (χ4v) is 3.38. The van der Waals surface area contributed by atoms with E-state index >= 15 is 0 Å². The Morgan fingerprint density at radius 3 is 2.07 bits per heavy atom. The number of benzene rings is 2. The van der Waals surface area contributed by atoms with Gasteiger partial charge in [-0.1, -0.05) is 36.4 Å². The molecule has 2 aromatic rings. The molecule has 0 radical (unpaired) electrons. The molecule has 0 bridgehead atoms. The Kier molecular flexibility index (Phi) is 9.95. The number of rotatable bonds is 6. The van der Waals surface area contributed by atoms with Crippen LogP contribution in [-0.4, -0.2) is 55.4 Å². The maximum Gasteiger partial charge on any atom is 0.125 e. The molecule has 1 saturated heterocycles. The highest BCUT2D eigenvalue weighted by atomic mass is 35.5. The first-order chi connectivity index (χ1) is 12.1. The van der Waals surface area contributed by atoms with Crippen LogP contribution >= 0.6 is 0 Å². The van der Waals surface area contributed by atoms with Crippen molar-refractivity contribution >= 4 is 5.69 Å². The van der Waals surface area contributed by atoms with Crippen molar-refractivity contribution in [1.82, 2.24) is 4.90 Å². The number of nitrogens with zero attached hydrogens (tertiary/aromatic N) is 2. The number of hydrogen-bond donors (Lipinski definition) is 1. The predicted octanol–water partition coefficient (Wildman–Crippen LogP) is -3.13. The van der Waals surface area contributed by atoms with Gasteiger partial charge in [-0.2, -0.15) is 0 Å². The molecule has 1 aliphatic heterocycles. The Labute approximate surface area is 175 Å². The molecule has 1 unspecified atom stereocenters. The van der Waals surface area contributed by atoms with Gasteiger partial charge in [-0.3, -0.25) is 4.90 Å². The monoisotopic (exact) mass is 410 g/mol. The molecular formula is C21H28Cl2N2O2-2. The van der Waals surface area contributed by atoms with Crippen LogP contribution in [0.3, 0.4) is 0 Å². The molecule has 0 saturated carbocycles. The van der Waals surface area contributed by atoms with Crippen LogP contribution in [0, 0.1) is 13.8 Å². The lowest BCUT2D eigenvalue weighted by atomic mass is 10.1. The van der Waals surface area contributed by atoms with Crippen LogP contribution in [-0.2, 0) is 0 Å². The van der Waals surface area contributed by atoms with Gasteiger partial charge in [-0.15, -0.1) is 0 Å². The van der Waals surface area contributed by atoms with Crippen molar-refractivity contribution in [3.63, 3.8) is 0 Å². The van der Waals surface area contributed by atoms with E-state index in [2.05, 4.69) is 34.1 Å². The number of halogens is 2. The molecule has 1 aliphatic rings. The van der Waals surface area contributed by atoms with Gasteiger partial charge in [0.15, 0.2) is 0 Å². The minimum Gasteiger partial charge on any atom is -1.00 e. The quantitative estimate of drug-likeness (QED) is 0.546. The van der Waals surface area contributed by atoms with Crippen molar-refractivity contribution in [1.29, 1.82) is 0 Å². The highest BCUT2D eigenvalue weighted by Crippen LogP contribution is 2.22. The van der Waals surface area contributed by atoms with Gasteiger partial charge in [-0.05, 0) is 37.1 Å². The van der Waals surface area contributed by atoms with Gasteiger partial charge in [0.1, 0.15) is 18.5 Å². The van der Waals surface area contributed by atoms with Crippen molar-refractivity contribution in [3.8, 4) is 5.75 Å². The number of ether oxygens (including phenoxy) is 1. The van der Waals surface area contributed by atoms with E-state index in [-0.39, 0.29) is 24.8 Å². The molecule has 27 heavy (non-hydrogen) atoms. The van der Waals surface area contributed by atoms with Crippen LogP contribution < -0.4 is 34.5 Å². The van der Waals surface area contributed by atoms with Crippen LogP contribution in [0.25, 0.3) is 0 Å². The Hall–Kier alpha value is -1.46. The Morgan fingerprint density at radius 1 is 0.889 bits per heavy atom. The van der Waals surface area contributed by atoms with E-state index in [1.54, 1.807) is 0 Å². The van der Waals surface area contributed by atoms with E-state index in [1.165, 1.54) is 5.69 Å². The largest absolute Gasteiger partial charge is 1.00 e. The van der Waals surface area contributed by atoms with Gasteiger partial charge in [0.25, 0.3) is 0 Å². The summed E-state index contributed by atoms with van der Waals surface area (Å²) in [7, 11) is 0. The maximum absolute atomic E-state index is 10.3. The second-order valence-electron chi connectivity index (χ2n) is 6.81. The molecule has 0 aromatic heterocycles. The maximum atomic E-state index is 10.3. The highest BCUT2D eigenvalue weighted by Gasteiger charge is 2.20. The van der Waals surface area contributed by atoms with E-state index in [9.17, 15) is 5.11 Å². The molecule has 0 aliphatic carbocycles. The first kappa shape index (κ1) is 23.6. The van der Waals surface area contributed by atoms with E-state index < -0.39 is 6.10 Å². The zero-order valence-corrected chi connectivity index (χ0v) is 17.5. The van der Waals surface area contributed by atoms with E-state index in [1.807, 2.05) is 38.1 Å². The molecule has 6 heteroatoms. The SMILES string of the molecule is Cc1cccc(C)c1OCC(O)CN1CCN(c2ccccc2)CC1.[Cl-].[Cl-]. The fraction of sp³-hybridized carbons (Fsp3) is 0.429. The standard InChI is InChI=1S/C21H28N2O2.2ClH/c1-17-7-6-8-18(2)21(17)25-16-20(24)15-22-11-13-23(14-12-22)19-9-4-3-5-10-19;;/h3-10,20,24H,11-16H2,1-2H3;2*1H/p-2. The van der Waals surface area contributed by atoms with E-state index in [0.717, 1.165) is 43.1 Å².